The fourth-order valence-electron chi connectivity index (χ4n) is 3.60. The summed E-state index contributed by atoms with van der Waals surface area (Å²) in [5, 5.41) is 14.8. The van der Waals surface area contributed by atoms with Gasteiger partial charge in [0.25, 0.3) is 11.8 Å². The number of halogens is 9. The molecule has 2 amide bonds. The van der Waals surface area contributed by atoms with Gasteiger partial charge in [-0.15, -0.1) is 0 Å². The first-order valence-electron chi connectivity index (χ1n) is 13.7. The molecule has 0 bridgehead atoms. The number of carbonyl (C=O) groups is 2. The number of pyridine rings is 1. The molecule has 3 rings (SSSR count). The third-order valence-corrected chi connectivity index (χ3v) is 7.56. The van der Waals surface area contributed by atoms with Crippen molar-refractivity contribution >= 4 is 46.6 Å². The molecule has 2 aromatic carbocycles. The lowest BCUT2D eigenvalue weighted by Crippen LogP contribution is -2.52. The molecule has 0 fully saturated rings. The van der Waals surface area contributed by atoms with Crippen molar-refractivity contribution in [1.29, 1.82) is 5.26 Å². The summed E-state index contributed by atoms with van der Waals surface area (Å²) < 4.78 is 81.8. The Morgan fingerprint density at radius 2 is 1.60 bits per heavy atom. The van der Waals surface area contributed by atoms with E-state index in [-0.39, 0.29) is 35.5 Å². The molecule has 0 radical (unpaired) electrons. The summed E-state index contributed by atoms with van der Waals surface area (Å²) in [6, 6.07) is 11.8. The molecule has 2 unspecified atom stereocenters. The topological polar surface area (TPSA) is 104 Å². The second-order valence-corrected chi connectivity index (χ2v) is 11.7. The molecule has 2 N–H and O–H groups in total. The van der Waals surface area contributed by atoms with Crippen LogP contribution in [0.4, 0.5) is 26.3 Å². The summed E-state index contributed by atoms with van der Waals surface area (Å²) in [6.45, 7) is 6.86. The number of benzene rings is 2. The number of rotatable bonds is 9. The normalized spacial score (nSPS) is 13.4. The highest BCUT2D eigenvalue weighted by molar-refractivity contribution is 6.35. The minimum atomic E-state index is -4.69. The molecule has 16 heteroatoms. The van der Waals surface area contributed by atoms with E-state index in [1.54, 1.807) is 26.0 Å². The second kappa shape index (κ2) is 16.4. The van der Waals surface area contributed by atoms with E-state index in [9.17, 15) is 41.2 Å². The number of nitrogens with one attached hydrogen (secondary N) is 2. The van der Waals surface area contributed by atoms with Crippen LogP contribution in [-0.2, 0) is 23.6 Å². The van der Waals surface area contributed by atoms with Crippen LogP contribution in [0.25, 0.3) is 0 Å². The summed E-state index contributed by atoms with van der Waals surface area (Å²) in [6.07, 6.45) is -9.51. The number of alkyl halides is 6. The van der Waals surface area contributed by atoms with E-state index in [4.69, 9.17) is 39.5 Å². The Labute approximate surface area is 282 Å². The number of ether oxygens (including phenoxy) is 1. The zero-order valence-electron chi connectivity index (χ0n) is 25.3. The van der Waals surface area contributed by atoms with E-state index in [1.807, 2.05) is 13.8 Å². The minimum Gasteiger partial charge on any atom is -0.479 e. The molecule has 0 aliphatic carbocycles. The largest absolute Gasteiger partial charge is 0.479 e. The molecule has 1 aromatic heterocycles. The Bertz CT molecular complexity index is 1610. The molecule has 0 aliphatic rings. The Kier molecular flexibility index (Phi) is 13.8. The molecule has 0 spiro atoms. The van der Waals surface area contributed by atoms with Gasteiger partial charge in [0.15, 0.2) is 6.10 Å². The van der Waals surface area contributed by atoms with E-state index in [0.29, 0.717) is 28.1 Å². The second-order valence-electron chi connectivity index (χ2n) is 10.5. The van der Waals surface area contributed by atoms with E-state index >= 15 is 0 Å². The van der Waals surface area contributed by atoms with Crippen molar-refractivity contribution in [1.82, 2.24) is 15.6 Å². The molecule has 0 aliphatic heterocycles. The molecule has 0 saturated heterocycles. The number of amides is 2. The van der Waals surface area contributed by atoms with Gasteiger partial charge in [-0.2, -0.15) is 31.6 Å². The Hall–Kier alpha value is -3.73. The average molecular weight is 726 g/mol. The zero-order valence-corrected chi connectivity index (χ0v) is 27.6. The Morgan fingerprint density at radius 3 is 2.13 bits per heavy atom. The van der Waals surface area contributed by atoms with Crippen LogP contribution in [0.2, 0.25) is 15.1 Å². The van der Waals surface area contributed by atoms with Crippen molar-refractivity contribution in [3.8, 4) is 11.8 Å². The van der Waals surface area contributed by atoms with Crippen LogP contribution < -0.4 is 15.4 Å². The lowest BCUT2D eigenvalue weighted by Gasteiger charge is -2.28. The summed E-state index contributed by atoms with van der Waals surface area (Å²) in [7, 11) is 0. The molecule has 3 aromatic rings. The third-order valence-electron chi connectivity index (χ3n) is 6.71. The van der Waals surface area contributed by atoms with Crippen molar-refractivity contribution in [2.75, 3.05) is 6.54 Å². The number of hydrogen-bond acceptors (Lipinski definition) is 5. The van der Waals surface area contributed by atoms with Gasteiger partial charge in [0.1, 0.15) is 11.3 Å². The van der Waals surface area contributed by atoms with Gasteiger partial charge in [-0.25, -0.2) is 0 Å². The van der Waals surface area contributed by atoms with Gasteiger partial charge in [-0.05, 0) is 56.2 Å². The molecule has 47 heavy (non-hydrogen) atoms. The first kappa shape index (κ1) is 39.4. The molecular formula is C31H29Cl3F6N4O3. The Balaban J connectivity index is 0.000000335. The van der Waals surface area contributed by atoms with E-state index in [0.717, 1.165) is 18.2 Å². The molecule has 7 nitrogen and oxygen atoms in total. The predicted molar refractivity (Wildman–Crippen MR) is 165 cm³/mol. The fraction of sp³-hybridized carbons (Fsp3) is 0.355. The molecule has 2 atom stereocenters. The Morgan fingerprint density at radius 1 is 0.957 bits per heavy atom. The average Bonchev–Trinajstić information content (AvgIpc) is 2.98. The summed E-state index contributed by atoms with van der Waals surface area (Å²) >= 11 is 17.5. The van der Waals surface area contributed by atoms with Crippen LogP contribution in [0, 0.1) is 17.2 Å². The van der Waals surface area contributed by atoms with Crippen LogP contribution in [0.1, 0.15) is 54.9 Å². The smallest absolute Gasteiger partial charge is 0.417 e. The number of carbonyl (C=O) groups excluding carboxylic acids is 2. The van der Waals surface area contributed by atoms with Crippen molar-refractivity contribution < 1.29 is 40.7 Å². The highest BCUT2D eigenvalue weighted by Crippen LogP contribution is 2.33. The fourth-order valence-corrected chi connectivity index (χ4v) is 4.31. The van der Waals surface area contributed by atoms with Crippen LogP contribution in [0.15, 0.2) is 54.7 Å². The van der Waals surface area contributed by atoms with E-state index in [2.05, 4.69) is 21.7 Å². The molecular weight excluding hydrogens is 697 g/mol. The van der Waals surface area contributed by atoms with Gasteiger partial charge in [-0.1, -0.05) is 60.8 Å². The lowest BCUT2D eigenvalue weighted by molar-refractivity contribution is -0.138. The van der Waals surface area contributed by atoms with Crippen LogP contribution in [0.5, 0.6) is 5.75 Å². The maximum absolute atomic E-state index is 12.9. The highest BCUT2D eigenvalue weighted by Gasteiger charge is 2.35. The summed E-state index contributed by atoms with van der Waals surface area (Å²) in [5.41, 5.74) is -3.51. The zero-order chi connectivity index (χ0) is 35.7. The van der Waals surface area contributed by atoms with Crippen molar-refractivity contribution in [3.05, 3.63) is 92.2 Å². The van der Waals surface area contributed by atoms with Crippen LogP contribution in [0.3, 0.4) is 0 Å². The number of nitrogens with zero attached hydrogens (tertiary/aromatic N) is 2. The molecule has 0 saturated carbocycles. The van der Waals surface area contributed by atoms with E-state index in [1.165, 1.54) is 12.1 Å². The van der Waals surface area contributed by atoms with Crippen LogP contribution in [-0.4, -0.2) is 35.0 Å². The number of hydrogen-bond donors (Lipinski definition) is 2. The SMILES string of the molecule is CC(Oc1ccc(Cl)cc1Cl)C(=O)NC(C)(C#N)C(C)C.O=C(NCCc1ncc(C(F)(F)F)cc1Cl)c1ccccc1C(F)(F)F. The monoisotopic (exact) mass is 724 g/mol. The standard InChI is InChI=1S/C16H11ClF6N2O.C15H18Cl2N2O2/c17-12-7-9(15(18,19)20)8-25-13(12)5-6-24-14(26)10-3-1-2-4-11(10)16(21,22)23;1-9(2)15(4,8-18)19-14(20)10(3)21-13-6-5-11(16)7-12(13)17/h1-4,7-8H,5-6H2,(H,24,26);5-7,9-10H,1-4H3,(H,19,20). The van der Waals surface area contributed by atoms with Crippen molar-refractivity contribution in [2.45, 2.75) is 58.1 Å². The summed E-state index contributed by atoms with van der Waals surface area (Å²) in [4.78, 5) is 27.7. The van der Waals surface area contributed by atoms with Gasteiger partial charge in [0.05, 0.1) is 38.5 Å². The van der Waals surface area contributed by atoms with Gasteiger partial charge >= 0.3 is 12.4 Å². The quantitative estimate of drug-likeness (QED) is 0.215. The highest BCUT2D eigenvalue weighted by atomic mass is 35.5. The maximum atomic E-state index is 12.9. The number of aromatic nitrogens is 1. The number of nitriles is 1. The van der Waals surface area contributed by atoms with Crippen LogP contribution >= 0.6 is 34.8 Å². The molecule has 1 heterocycles. The minimum absolute atomic E-state index is 0.0298. The van der Waals surface area contributed by atoms with Gasteiger partial charge in [-0.3, -0.25) is 14.6 Å². The maximum Gasteiger partial charge on any atom is 0.417 e. The lowest BCUT2D eigenvalue weighted by atomic mass is 9.90. The predicted octanol–water partition coefficient (Wildman–Crippen LogP) is 8.56. The van der Waals surface area contributed by atoms with Crippen molar-refractivity contribution in [3.63, 3.8) is 0 Å². The van der Waals surface area contributed by atoms with Gasteiger partial charge in [0.2, 0.25) is 0 Å². The summed E-state index contributed by atoms with van der Waals surface area (Å²) in [5.74, 6) is -0.996. The first-order chi connectivity index (χ1) is 21.7. The van der Waals surface area contributed by atoms with E-state index < -0.39 is 46.6 Å². The third kappa shape index (κ3) is 11.5. The first-order valence-corrected chi connectivity index (χ1v) is 14.8. The van der Waals surface area contributed by atoms with Crippen molar-refractivity contribution in [2.24, 2.45) is 5.92 Å². The van der Waals surface area contributed by atoms with Gasteiger partial charge in [0, 0.05) is 24.2 Å². The molecule has 254 valence electrons. The van der Waals surface area contributed by atoms with Gasteiger partial charge < -0.3 is 15.4 Å².